The highest BCUT2D eigenvalue weighted by Gasteiger charge is 2.20. The molecule has 0 saturated carbocycles. The van der Waals surface area contributed by atoms with Crippen LogP contribution < -0.4 is 10.6 Å². The topological polar surface area (TPSA) is 76.1 Å². The van der Waals surface area contributed by atoms with Gasteiger partial charge >= 0.3 is 0 Å². The van der Waals surface area contributed by atoms with Crippen molar-refractivity contribution in [3.63, 3.8) is 0 Å². The summed E-state index contributed by atoms with van der Waals surface area (Å²) in [6.07, 6.45) is 0. The predicted molar refractivity (Wildman–Crippen MR) is 68.9 cm³/mol. The second-order valence-electron chi connectivity index (χ2n) is 4.58. The van der Waals surface area contributed by atoms with Crippen LogP contribution >= 0.6 is 11.5 Å². The van der Waals surface area contributed by atoms with Crippen LogP contribution in [0, 0.1) is 0 Å². The van der Waals surface area contributed by atoms with Crippen molar-refractivity contribution in [2.45, 2.75) is 25.8 Å². The molecule has 1 saturated heterocycles. The quantitative estimate of drug-likeness (QED) is 0.827. The van der Waals surface area contributed by atoms with Crippen LogP contribution in [0.1, 0.15) is 35.1 Å². The van der Waals surface area contributed by atoms with Gasteiger partial charge in [0.1, 0.15) is 4.88 Å². The van der Waals surface area contributed by atoms with Crippen LogP contribution in [0.5, 0.6) is 0 Å². The van der Waals surface area contributed by atoms with E-state index in [0.29, 0.717) is 18.0 Å². The molecule has 1 aromatic rings. The number of morpholine rings is 1. The smallest absolute Gasteiger partial charge is 0.265 e. The lowest BCUT2D eigenvalue weighted by molar-refractivity contribution is 0.0735. The van der Waals surface area contributed by atoms with Crippen molar-refractivity contribution in [2.24, 2.45) is 0 Å². The maximum atomic E-state index is 12.0. The molecule has 1 aliphatic rings. The maximum Gasteiger partial charge on any atom is 0.265 e. The third-order valence-electron chi connectivity index (χ3n) is 2.77. The van der Waals surface area contributed by atoms with Crippen LogP contribution in [0.15, 0.2) is 0 Å². The van der Waals surface area contributed by atoms with E-state index < -0.39 is 0 Å². The normalized spacial score (nSPS) is 20.1. The highest BCUT2D eigenvalue weighted by molar-refractivity contribution is 7.08. The number of nitrogens with one attached hydrogen (secondary N) is 2. The van der Waals surface area contributed by atoms with Crippen molar-refractivity contribution >= 4 is 17.4 Å². The summed E-state index contributed by atoms with van der Waals surface area (Å²) < 4.78 is 9.18. The number of amides is 1. The van der Waals surface area contributed by atoms with E-state index in [1.165, 1.54) is 0 Å². The minimum absolute atomic E-state index is 0.0962. The van der Waals surface area contributed by atoms with Crippen LogP contribution in [-0.4, -0.2) is 47.8 Å². The average molecular weight is 270 g/mol. The lowest BCUT2D eigenvalue weighted by atomic mass is 10.1. The molecular weight excluding hydrogens is 252 g/mol. The molecule has 1 fully saturated rings. The van der Waals surface area contributed by atoms with Crippen LogP contribution in [-0.2, 0) is 4.74 Å². The first kappa shape index (κ1) is 13.4. The lowest BCUT2D eigenvalue weighted by Gasteiger charge is -2.23. The van der Waals surface area contributed by atoms with Crippen molar-refractivity contribution in [1.82, 2.24) is 20.2 Å². The second kappa shape index (κ2) is 6.21. The van der Waals surface area contributed by atoms with Gasteiger partial charge in [-0.2, -0.15) is 0 Å². The van der Waals surface area contributed by atoms with E-state index in [-0.39, 0.29) is 17.9 Å². The molecule has 0 spiro atoms. The van der Waals surface area contributed by atoms with Crippen molar-refractivity contribution in [2.75, 3.05) is 26.3 Å². The summed E-state index contributed by atoms with van der Waals surface area (Å²) in [6.45, 7) is 6.78. The molecule has 6 nitrogen and oxygen atoms in total. The van der Waals surface area contributed by atoms with Crippen molar-refractivity contribution in [3.8, 4) is 0 Å². The van der Waals surface area contributed by atoms with Crippen molar-refractivity contribution in [1.29, 1.82) is 0 Å². The van der Waals surface area contributed by atoms with Gasteiger partial charge in [-0.05, 0) is 17.5 Å². The van der Waals surface area contributed by atoms with Crippen LogP contribution in [0.2, 0.25) is 0 Å². The molecule has 7 heteroatoms. The molecule has 0 bridgehead atoms. The van der Waals surface area contributed by atoms with Crippen molar-refractivity contribution < 1.29 is 9.53 Å². The van der Waals surface area contributed by atoms with Crippen LogP contribution in [0.3, 0.4) is 0 Å². The first-order valence-electron chi connectivity index (χ1n) is 6.10. The molecule has 18 heavy (non-hydrogen) atoms. The predicted octanol–water partition coefficient (Wildman–Crippen LogP) is 0.380. The van der Waals surface area contributed by atoms with Crippen LogP contribution in [0.4, 0.5) is 0 Å². The zero-order valence-electron chi connectivity index (χ0n) is 10.6. The van der Waals surface area contributed by atoms with Gasteiger partial charge in [0.25, 0.3) is 5.91 Å². The van der Waals surface area contributed by atoms with E-state index in [1.54, 1.807) is 0 Å². The first-order chi connectivity index (χ1) is 8.68. The highest BCUT2D eigenvalue weighted by atomic mass is 32.1. The van der Waals surface area contributed by atoms with E-state index in [4.69, 9.17) is 4.74 Å². The van der Waals surface area contributed by atoms with Gasteiger partial charge in [-0.15, -0.1) is 5.10 Å². The van der Waals surface area contributed by atoms with E-state index in [0.717, 1.165) is 30.4 Å². The third-order valence-corrected chi connectivity index (χ3v) is 3.51. The van der Waals surface area contributed by atoms with Gasteiger partial charge in [0.05, 0.1) is 18.9 Å². The largest absolute Gasteiger partial charge is 0.378 e. The fraction of sp³-hybridized carbons (Fsp3) is 0.727. The molecule has 0 aliphatic carbocycles. The molecule has 2 N–H and O–H groups in total. The van der Waals surface area contributed by atoms with E-state index in [9.17, 15) is 4.79 Å². The molecule has 2 heterocycles. The summed E-state index contributed by atoms with van der Waals surface area (Å²) in [7, 11) is 0. The average Bonchev–Trinajstić information content (AvgIpc) is 2.86. The Labute approximate surface area is 110 Å². The van der Waals surface area contributed by atoms with E-state index in [2.05, 4.69) is 20.2 Å². The summed E-state index contributed by atoms with van der Waals surface area (Å²) >= 11 is 1.15. The lowest BCUT2D eigenvalue weighted by Crippen LogP contribution is -2.48. The molecule has 100 valence electrons. The van der Waals surface area contributed by atoms with Crippen molar-refractivity contribution in [3.05, 3.63) is 10.6 Å². The molecule has 0 aromatic carbocycles. The number of rotatable bonds is 4. The number of carbonyl (C=O) groups is 1. The maximum absolute atomic E-state index is 12.0. The Morgan fingerprint density at radius 1 is 1.67 bits per heavy atom. The minimum atomic E-state index is -0.0962. The Hall–Kier alpha value is -1.05. The third kappa shape index (κ3) is 3.24. The summed E-state index contributed by atoms with van der Waals surface area (Å²) in [4.78, 5) is 12.6. The Morgan fingerprint density at radius 2 is 2.50 bits per heavy atom. The number of hydrogen-bond acceptors (Lipinski definition) is 6. The molecule has 1 amide bonds. The Bertz CT molecular complexity index is 402. The first-order valence-corrected chi connectivity index (χ1v) is 6.87. The van der Waals surface area contributed by atoms with Gasteiger partial charge < -0.3 is 15.4 Å². The number of aromatic nitrogens is 2. The summed E-state index contributed by atoms with van der Waals surface area (Å²) in [5.41, 5.74) is 0.769. The van der Waals surface area contributed by atoms with Gasteiger partial charge in [0, 0.05) is 19.1 Å². The molecule has 1 atom stereocenters. The molecule has 1 aliphatic heterocycles. The highest BCUT2D eigenvalue weighted by Crippen LogP contribution is 2.19. The number of ether oxygens (including phenoxy) is 1. The SMILES string of the molecule is CC(C)c1nnsc1C(=O)NCC1COCCN1. The summed E-state index contributed by atoms with van der Waals surface area (Å²) in [6, 6.07) is 0.186. The molecule has 2 rings (SSSR count). The Kier molecular flexibility index (Phi) is 4.62. The Morgan fingerprint density at radius 3 is 3.17 bits per heavy atom. The fourth-order valence-corrected chi connectivity index (χ4v) is 2.52. The van der Waals surface area contributed by atoms with Crippen LogP contribution in [0.25, 0.3) is 0 Å². The van der Waals surface area contributed by atoms with E-state index >= 15 is 0 Å². The molecular formula is C11H18N4O2S. The molecule has 1 unspecified atom stereocenters. The minimum Gasteiger partial charge on any atom is -0.378 e. The van der Waals surface area contributed by atoms with Gasteiger partial charge in [0.15, 0.2) is 0 Å². The number of hydrogen-bond donors (Lipinski definition) is 2. The number of carbonyl (C=O) groups excluding carboxylic acids is 1. The summed E-state index contributed by atoms with van der Waals surface area (Å²) in [5.74, 6) is 0.113. The van der Waals surface area contributed by atoms with Gasteiger partial charge in [0.2, 0.25) is 0 Å². The standard InChI is InChI=1S/C11H18N4O2S/c1-7(2)9-10(18-15-14-9)11(16)13-5-8-6-17-4-3-12-8/h7-8,12H,3-6H2,1-2H3,(H,13,16). The fourth-order valence-electron chi connectivity index (χ4n) is 1.78. The van der Waals surface area contributed by atoms with Gasteiger partial charge in [-0.3, -0.25) is 4.79 Å². The van der Waals surface area contributed by atoms with E-state index in [1.807, 2.05) is 13.8 Å². The Balaban J connectivity index is 1.89. The number of nitrogens with zero attached hydrogens (tertiary/aromatic N) is 2. The second-order valence-corrected chi connectivity index (χ2v) is 5.33. The molecule has 1 aromatic heterocycles. The zero-order chi connectivity index (χ0) is 13.0. The zero-order valence-corrected chi connectivity index (χ0v) is 11.4. The monoisotopic (exact) mass is 270 g/mol. The van der Waals surface area contributed by atoms with Gasteiger partial charge in [-0.25, -0.2) is 0 Å². The van der Waals surface area contributed by atoms with Gasteiger partial charge in [-0.1, -0.05) is 18.3 Å². The molecule has 0 radical (unpaired) electrons. The summed E-state index contributed by atoms with van der Waals surface area (Å²) in [5, 5.41) is 10.2.